The highest BCUT2D eigenvalue weighted by molar-refractivity contribution is 5.81. The van der Waals surface area contributed by atoms with Crippen molar-refractivity contribution in [1.29, 1.82) is 0 Å². The summed E-state index contributed by atoms with van der Waals surface area (Å²) in [6.45, 7) is 11.1. The fraction of sp³-hybridized carbons (Fsp3) is 0.818. The largest absolute Gasteiger partial charge is 0.382 e. The van der Waals surface area contributed by atoms with Gasteiger partial charge in [-0.15, -0.1) is 0 Å². The van der Waals surface area contributed by atoms with Gasteiger partial charge in [-0.25, -0.2) is 0 Å². The number of anilines is 4. The quantitative estimate of drug-likeness (QED) is 0.502. The van der Waals surface area contributed by atoms with Gasteiger partial charge in [-0.1, -0.05) is 26.2 Å². The second-order valence-electron chi connectivity index (χ2n) is 9.03. The summed E-state index contributed by atoms with van der Waals surface area (Å²) in [5.74, 6) is 2.14. The van der Waals surface area contributed by atoms with E-state index in [-0.39, 0.29) is 0 Å². The minimum absolute atomic E-state index is 0.543. The SMILES string of the molecule is CCCCNc1nc(N)c2c(n1)N(CCCCN1CCN(C3CCCC3)CC1)CN2. The molecule has 0 unspecified atom stereocenters. The van der Waals surface area contributed by atoms with Crippen LogP contribution in [0.25, 0.3) is 0 Å². The van der Waals surface area contributed by atoms with Gasteiger partial charge in [0.1, 0.15) is 5.69 Å². The first-order valence-corrected chi connectivity index (χ1v) is 12.1. The number of aromatic nitrogens is 2. The van der Waals surface area contributed by atoms with Crippen molar-refractivity contribution in [2.24, 2.45) is 0 Å². The summed E-state index contributed by atoms with van der Waals surface area (Å²) in [5, 5.41) is 6.67. The Morgan fingerprint density at radius 3 is 2.57 bits per heavy atom. The third kappa shape index (κ3) is 5.27. The fourth-order valence-electron chi connectivity index (χ4n) is 5.01. The van der Waals surface area contributed by atoms with Gasteiger partial charge in [0.15, 0.2) is 11.6 Å². The lowest BCUT2D eigenvalue weighted by Gasteiger charge is -2.38. The average molecular weight is 417 g/mol. The van der Waals surface area contributed by atoms with E-state index < -0.39 is 0 Å². The molecule has 1 aliphatic carbocycles. The molecule has 3 heterocycles. The molecule has 4 N–H and O–H groups in total. The number of nitrogens with zero attached hydrogens (tertiary/aromatic N) is 5. The van der Waals surface area contributed by atoms with Gasteiger partial charge in [0, 0.05) is 45.3 Å². The third-order valence-electron chi connectivity index (χ3n) is 6.88. The molecule has 2 fully saturated rings. The summed E-state index contributed by atoms with van der Waals surface area (Å²) in [6.07, 6.45) is 10.4. The number of unbranched alkanes of at least 4 members (excludes halogenated alkanes) is 2. The maximum atomic E-state index is 6.16. The van der Waals surface area contributed by atoms with Crippen LogP contribution in [0.4, 0.5) is 23.3 Å². The van der Waals surface area contributed by atoms with E-state index in [0.29, 0.717) is 11.8 Å². The van der Waals surface area contributed by atoms with Crippen LogP contribution in [0.3, 0.4) is 0 Å². The Balaban J connectivity index is 1.19. The molecule has 0 atom stereocenters. The second-order valence-corrected chi connectivity index (χ2v) is 9.03. The molecule has 0 spiro atoms. The van der Waals surface area contributed by atoms with Gasteiger partial charge in [-0.2, -0.15) is 9.97 Å². The number of piperazine rings is 1. The number of nitrogen functional groups attached to an aromatic ring is 1. The van der Waals surface area contributed by atoms with Crippen LogP contribution in [-0.4, -0.2) is 78.3 Å². The molecular weight excluding hydrogens is 376 g/mol. The Labute approximate surface area is 181 Å². The molecular formula is C22H40N8. The van der Waals surface area contributed by atoms with Gasteiger partial charge in [-0.05, 0) is 38.6 Å². The van der Waals surface area contributed by atoms with Gasteiger partial charge in [0.2, 0.25) is 5.95 Å². The maximum absolute atomic E-state index is 6.16. The fourth-order valence-corrected chi connectivity index (χ4v) is 5.01. The standard InChI is InChI=1S/C22H40N8/c1-2-3-10-24-22-26-20(23)19-21(27-22)30(17-25-19)12-7-6-11-28-13-15-29(16-14-28)18-8-4-5-9-18/h18,25H,2-17H2,1H3,(H3,23,24,26,27). The number of hydrogen-bond acceptors (Lipinski definition) is 8. The first kappa shape index (κ1) is 21.4. The zero-order chi connectivity index (χ0) is 20.8. The van der Waals surface area contributed by atoms with Crippen LogP contribution in [0.15, 0.2) is 0 Å². The van der Waals surface area contributed by atoms with Crippen LogP contribution < -0.4 is 21.3 Å². The third-order valence-corrected chi connectivity index (χ3v) is 6.88. The summed E-state index contributed by atoms with van der Waals surface area (Å²) < 4.78 is 0. The van der Waals surface area contributed by atoms with E-state index in [1.165, 1.54) is 71.2 Å². The molecule has 0 amide bonds. The van der Waals surface area contributed by atoms with Crippen molar-refractivity contribution in [2.45, 2.75) is 64.3 Å². The van der Waals surface area contributed by atoms with Crippen molar-refractivity contribution < 1.29 is 0 Å². The topological polar surface area (TPSA) is 85.6 Å². The Kier molecular flexibility index (Phi) is 7.49. The van der Waals surface area contributed by atoms with Crippen molar-refractivity contribution >= 4 is 23.3 Å². The predicted molar refractivity (Wildman–Crippen MR) is 125 cm³/mol. The van der Waals surface area contributed by atoms with Gasteiger partial charge < -0.3 is 26.2 Å². The number of rotatable bonds is 10. The molecule has 0 bridgehead atoms. The number of hydrogen-bond donors (Lipinski definition) is 3. The maximum Gasteiger partial charge on any atom is 0.226 e. The first-order chi connectivity index (χ1) is 14.7. The molecule has 0 radical (unpaired) electrons. The zero-order valence-electron chi connectivity index (χ0n) is 18.7. The van der Waals surface area contributed by atoms with Crippen LogP contribution in [0.2, 0.25) is 0 Å². The van der Waals surface area contributed by atoms with E-state index in [0.717, 1.165) is 50.1 Å². The lowest BCUT2D eigenvalue weighted by molar-refractivity contribution is 0.0969. The summed E-state index contributed by atoms with van der Waals surface area (Å²) in [7, 11) is 0. The molecule has 0 aromatic carbocycles. The summed E-state index contributed by atoms with van der Waals surface area (Å²) in [6, 6.07) is 0.880. The number of fused-ring (bicyclic) bond motifs is 1. The molecule has 1 aromatic rings. The molecule has 4 rings (SSSR count). The summed E-state index contributed by atoms with van der Waals surface area (Å²) in [5.41, 5.74) is 7.05. The molecule has 1 saturated carbocycles. The Morgan fingerprint density at radius 2 is 1.80 bits per heavy atom. The minimum Gasteiger partial charge on any atom is -0.382 e. The van der Waals surface area contributed by atoms with Crippen LogP contribution in [0.1, 0.15) is 58.3 Å². The van der Waals surface area contributed by atoms with Crippen LogP contribution >= 0.6 is 0 Å². The molecule has 8 nitrogen and oxygen atoms in total. The van der Waals surface area contributed by atoms with E-state index in [4.69, 9.17) is 10.7 Å². The normalized spacial score (nSPS) is 20.5. The Bertz CT molecular complexity index is 667. The number of nitrogens with two attached hydrogens (primary N) is 1. The molecule has 8 heteroatoms. The van der Waals surface area contributed by atoms with Crippen molar-refractivity contribution in [2.75, 3.05) is 73.7 Å². The van der Waals surface area contributed by atoms with E-state index in [9.17, 15) is 0 Å². The highest BCUT2D eigenvalue weighted by atomic mass is 15.4. The molecule has 3 aliphatic rings. The zero-order valence-corrected chi connectivity index (χ0v) is 18.7. The molecule has 168 valence electrons. The van der Waals surface area contributed by atoms with Crippen molar-refractivity contribution in [1.82, 2.24) is 19.8 Å². The number of nitrogens with one attached hydrogen (secondary N) is 2. The first-order valence-electron chi connectivity index (χ1n) is 12.1. The highest BCUT2D eigenvalue weighted by Gasteiger charge is 2.26. The molecule has 30 heavy (non-hydrogen) atoms. The lowest BCUT2D eigenvalue weighted by Crippen LogP contribution is -2.49. The molecule has 1 aromatic heterocycles. The monoisotopic (exact) mass is 416 g/mol. The molecule has 1 saturated heterocycles. The Hall–Kier alpha value is -1.80. The lowest BCUT2D eigenvalue weighted by atomic mass is 10.1. The van der Waals surface area contributed by atoms with Crippen LogP contribution in [0, 0.1) is 0 Å². The van der Waals surface area contributed by atoms with Gasteiger partial charge >= 0.3 is 0 Å². The van der Waals surface area contributed by atoms with Crippen molar-refractivity contribution in [3.63, 3.8) is 0 Å². The van der Waals surface area contributed by atoms with Gasteiger partial charge in [0.25, 0.3) is 0 Å². The van der Waals surface area contributed by atoms with Crippen LogP contribution in [-0.2, 0) is 0 Å². The smallest absolute Gasteiger partial charge is 0.226 e. The predicted octanol–water partition coefficient (Wildman–Crippen LogP) is 2.80. The average Bonchev–Trinajstić information content (AvgIpc) is 3.43. The Morgan fingerprint density at radius 1 is 1.03 bits per heavy atom. The van der Waals surface area contributed by atoms with Crippen LogP contribution in [0.5, 0.6) is 0 Å². The molecule has 2 aliphatic heterocycles. The highest BCUT2D eigenvalue weighted by Crippen LogP contribution is 2.34. The summed E-state index contributed by atoms with van der Waals surface area (Å²) in [4.78, 5) is 16.8. The van der Waals surface area contributed by atoms with E-state index in [1.807, 2.05) is 0 Å². The summed E-state index contributed by atoms with van der Waals surface area (Å²) >= 11 is 0. The van der Waals surface area contributed by atoms with E-state index >= 15 is 0 Å². The second kappa shape index (κ2) is 10.5. The van der Waals surface area contributed by atoms with Gasteiger partial charge in [-0.3, -0.25) is 4.90 Å². The van der Waals surface area contributed by atoms with Crippen molar-refractivity contribution in [3.05, 3.63) is 0 Å². The van der Waals surface area contributed by atoms with E-state index in [2.05, 4.69) is 37.2 Å². The van der Waals surface area contributed by atoms with Gasteiger partial charge in [0.05, 0.1) is 6.67 Å². The van der Waals surface area contributed by atoms with Crippen molar-refractivity contribution in [3.8, 4) is 0 Å². The minimum atomic E-state index is 0.543. The van der Waals surface area contributed by atoms with E-state index in [1.54, 1.807) is 0 Å².